The highest BCUT2D eigenvalue weighted by molar-refractivity contribution is 5.90. The van der Waals surface area contributed by atoms with E-state index in [-0.39, 0.29) is 47.6 Å². The molecule has 1 fully saturated rings. The summed E-state index contributed by atoms with van der Waals surface area (Å²) in [5, 5.41) is 21.4. The lowest BCUT2D eigenvalue weighted by Gasteiger charge is -2.30. The lowest BCUT2D eigenvalue weighted by molar-refractivity contribution is -0.385. The van der Waals surface area contributed by atoms with Crippen molar-refractivity contribution in [1.82, 2.24) is 0 Å². The van der Waals surface area contributed by atoms with Gasteiger partial charge in [0, 0.05) is 24.3 Å². The van der Waals surface area contributed by atoms with Gasteiger partial charge in [-0.3, -0.25) is 20.2 Å². The van der Waals surface area contributed by atoms with Crippen molar-refractivity contribution >= 4 is 23.3 Å². The van der Waals surface area contributed by atoms with E-state index in [0.29, 0.717) is 0 Å². The molecule has 0 aliphatic heterocycles. The van der Waals surface area contributed by atoms with Crippen LogP contribution in [0.5, 0.6) is 0 Å². The number of carbonyl (C=O) groups excluding carboxylic acids is 2. The molecule has 3 rings (SSSR count). The number of nitro groups is 2. The van der Waals surface area contributed by atoms with Crippen LogP contribution in [-0.2, 0) is 9.47 Å². The van der Waals surface area contributed by atoms with E-state index >= 15 is 0 Å². The Kier molecular flexibility index (Phi) is 7.48. The molecule has 1 aliphatic carbocycles. The quantitative estimate of drug-likeness (QED) is 0.334. The number of nitro benzene ring substituents is 2. The fraction of sp³-hybridized carbons (Fsp3) is 0.364. The molecule has 2 aromatic rings. The van der Waals surface area contributed by atoms with E-state index in [1.165, 1.54) is 48.5 Å². The van der Waals surface area contributed by atoms with Crippen LogP contribution >= 0.6 is 0 Å². The number of carbonyl (C=O) groups is 2. The van der Waals surface area contributed by atoms with Crippen molar-refractivity contribution in [2.24, 2.45) is 11.8 Å². The van der Waals surface area contributed by atoms with E-state index < -0.39 is 21.8 Å². The Morgan fingerprint density at radius 2 is 1.06 bits per heavy atom. The third-order valence-electron chi connectivity index (χ3n) is 5.55. The molecule has 0 amide bonds. The van der Waals surface area contributed by atoms with Crippen LogP contribution in [0.3, 0.4) is 0 Å². The SMILES string of the molecule is O=C(OCC1CCCCC1COC(=O)c1ccc([N+](=O)[O-])cc1)c1ccc([N+](=O)[O-])cc1. The van der Waals surface area contributed by atoms with E-state index in [2.05, 4.69) is 0 Å². The topological polar surface area (TPSA) is 139 Å². The highest BCUT2D eigenvalue weighted by Crippen LogP contribution is 2.31. The minimum atomic E-state index is -0.563. The van der Waals surface area contributed by atoms with Gasteiger partial charge in [-0.05, 0) is 48.9 Å². The average molecular weight is 442 g/mol. The first-order chi connectivity index (χ1) is 15.3. The largest absolute Gasteiger partial charge is 0.462 e. The van der Waals surface area contributed by atoms with Crippen LogP contribution in [0, 0.1) is 32.1 Å². The lowest BCUT2D eigenvalue weighted by Crippen LogP contribution is -2.29. The maximum atomic E-state index is 12.3. The Morgan fingerprint density at radius 3 is 1.38 bits per heavy atom. The molecular formula is C22H22N2O8. The molecule has 0 aromatic heterocycles. The van der Waals surface area contributed by atoms with Gasteiger partial charge < -0.3 is 9.47 Å². The van der Waals surface area contributed by atoms with Crippen molar-refractivity contribution in [3.8, 4) is 0 Å². The molecule has 1 aliphatic rings. The van der Waals surface area contributed by atoms with Crippen LogP contribution < -0.4 is 0 Å². The second-order valence-corrected chi connectivity index (χ2v) is 7.61. The molecule has 0 heterocycles. The van der Waals surface area contributed by atoms with Gasteiger partial charge in [-0.2, -0.15) is 0 Å². The van der Waals surface area contributed by atoms with Gasteiger partial charge in [0.25, 0.3) is 11.4 Å². The zero-order valence-corrected chi connectivity index (χ0v) is 17.2. The van der Waals surface area contributed by atoms with Crippen molar-refractivity contribution in [2.45, 2.75) is 25.7 Å². The Balaban J connectivity index is 1.52. The summed E-state index contributed by atoms with van der Waals surface area (Å²) in [6, 6.07) is 10.4. The Labute approximate surface area is 183 Å². The minimum absolute atomic E-state index is 0.0235. The number of nitrogens with zero attached hydrogens (tertiary/aromatic N) is 2. The third-order valence-corrected chi connectivity index (χ3v) is 5.55. The Hall–Kier alpha value is -3.82. The minimum Gasteiger partial charge on any atom is -0.462 e. The van der Waals surface area contributed by atoms with Gasteiger partial charge in [0.1, 0.15) is 0 Å². The van der Waals surface area contributed by atoms with Crippen molar-refractivity contribution in [3.05, 3.63) is 79.9 Å². The molecule has 10 heteroatoms. The summed E-state index contributed by atoms with van der Waals surface area (Å²) in [5.41, 5.74) is 0.243. The molecule has 32 heavy (non-hydrogen) atoms. The van der Waals surface area contributed by atoms with E-state index in [1.807, 2.05) is 0 Å². The molecule has 2 aromatic carbocycles. The van der Waals surface area contributed by atoms with Gasteiger partial charge in [-0.15, -0.1) is 0 Å². The van der Waals surface area contributed by atoms with Gasteiger partial charge in [-0.1, -0.05) is 12.8 Å². The molecule has 1 saturated carbocycles. The zero-order chi connectivity index (χ0) is 23.1. The highest BCUT2D eigenvalue weighted by atomic mass is 16.6. The predicted octanol–water partition coefficient (Wildman–Crippen LogP) is 4.32. The van der Waals surface area contributed by atoms with Crippen molar-refractivity contribution in [1.29, 1.82) is 0 Å². The number of benzene rings is 2. The predicted molar refractivity (Wildman–Crippen MR) is 112 cm³/mol. The molecule has 168 valence electrons. The van der Waals surface area contributed by atoms with Gasteiger partial charge in [-0.25, -0.2) is 9.59 Å². The maximum absolute atomic E-state index is 12.3. The number of rotatable bonds is 8. The van der Waals surface area contributed by atoms with Crippen LogP contribution in [0.15, 0.2) is 48.5 Å². The molecule has 0 spiro atoms. The van der Waals surface area contributed by atoms with Gasteiger partial charge in [0.2, 0.25) is 0 Å². The van der Waals surface area contributed by atoms with Crippen LogP contribution in [0.1, 0.15) is 46.4 Å². The van der Waals surface area contributed by atoms with Crippen LogP contribution in [0.25, 0.3) is 0 Å². The fourth-order valence-electron chi connectivity index (χ4n) is 3.69. The Bertz CT molecular complexity index is 906. The first kappa shape index (κ1) is 22.9. The van der Waals surface area contributed by atoms with Gasteiger partial charge >= 0.3 is 11.9 Å². The van der Waals surface area contributed by atoms with Crippen LogP contribution in [-0.4, -0.2) is 35.0 Å². The third kappa shape index (κ3) is 5.87. The van der Waals surface area contributed by atoms with Crippen molar-refractivity contribution in [3.63, 3.8) is 0 Å². The molecule has 0 N–H and O–H groups in total. The summed E-state index contributed by atoms with van der Waals surface area (Å²) < 4.78 is 10.8. The number of ether oxygens (including phenoxy) is 2. The zero-order valence-electron chi connectivity index (χ0n) is 17.2. The summed E-state index contributed by atoms with van der Waals surface area (Å²) in [6.45, 7) is 0.325. The normalized spacial score (nSPS) is 17.9. The molecule has 0 saturated heterocycles. The van der Waals surface area contributed by atoms with E-state index in [4.69, 9.17) is 9.47 Å². The van der Waals surface area contributed by atoms with Gasteiger partial charge in [0.15, 0.2) is 0 Å². The molecule has 2 atom stereocenters. The number of non-ortho nitro benzene ring substituents is 2. The molecule has 0 radical (unpaired) electrons. The molecule has 2 unspecified atom stereocenters. The first-order valence-corrected chi connectivity index (χ1v) is 10.2. The second kappa shape index (κ2) is 10.5. The summed E-state index contributed by atoms with van der Waals surface area (Å²) in [5.74, 6) is -1.08. The molecule has 10 nitrogen and oxygen atoms in total. The Morgan fingerprint density at radius 1 is 0.719 bits per heavy atom. The molecule has 0 bridgehead atoms. The first-order valence-electron chi connectivity index (χ1n) is 10.2. The maximum Gasteiger partial charge on any atom is 0.338 e. The standard InChI is InChI=1S/C22H22N2O8/c25-21(15-5-9-19(10-6-15)23(27)28)31-13-17-3-1-2-4-18(17)14-32-22(26)16-7-11-20(12-8-16)24(29)30/h5-12,17-18H,1-4,13-14H2. The number of esters is 2. The summed E-state index contributed by atoms with van der Waals surface area (Å²) in [7, 11) is 0. The average Bonchev–Trinajstić information content (AvgIpc) is 2.81. The molecular weight excluding hydrogens is 420 g/mol. The summed E-state index contributed by atoms with van der Waals surface area (Å²) >= 11 is 0. The van der Waals surface area contributed by atoms with E-state index in [1.54, 1.807) is 0 Å². The van der Waals surface area contributed by atoms with Crippen LogP contribution in [0.2, 0.25) is 0 Å². The monoisotopic (exact) mass is 442 g/mol. The number of hydrogen-bond donors (Lipinski definition) is 0. The number of hydrogen-bond acceptors (Lipinski definition) is 8. The van der Waals surface area contributed by atoms with E-state index in [0.717, 1.165) is 25.7 Å². The summed E-state index contributed by atoms with van der Waals surface area (Å²) in [4.78, 5) is 44.9. The second-order valence-electron chi connectivity index (χ2n) is 7.61. The lowest BCUT2D eigenvalue weighted by atomic mass is 9.80. The van der Waals surface area contributed by atoms with Crippen LogP contribution in [0.4, 0.5) is 11.4 Å². The smallest absolute Gasteiger partial charge is 0.338 e. The van der Waals surface area contributed by atoms with Crippen molar-refractivity contribution < 1.29 is 28.9 Å². The summed E-state index contributed by atoms with van der Waals surface area (Å²) in [6.07, 6.45) is 3.61. The van der Waals surface area contributed by atoms with E-state index in [9.17, 15) is 29.8 Å². The highest BCUT2D eigenvalue weighted by Gasteiger charge is 2.28. The van der Waals surface area contributed by atoms with Crippen molar-refractivity contribution in [2.75, 3.05) is 13.2 Å². The van der Waals surface area contributed by atoms with Gasteiger partial charge in [0.05, 0.1) is 34.2 Å². The fourth-order valence-corrected chi connectivity index (χ4v) is 3.69.